The fraction of sp³-hybridized carbons (Fsp3) is 0.100. The first-order valence-corrected chi connectivity index (χ1v) is 9.29. The molecule has 4 rings (SSSR count). The van der Waals surface area contributed by atoms with E-state index < -0.39 is 34.9 Å². The number of nitrogens with one attached hydrogen (secondary N) is 1. The Morgan fingerprint density at radius 3 is 2.48 bits per heavy atom. The minimum atomic E-state index is -4.67. The van der Waals surface area contributed by atoms with E-state index in [1.54, 1.807) is 12.1 Å². The van der Waals surface area contributed by atoms with Crippen LogP contribution in [-0.2, 0) is 17.5 Å². The summed E-state index contributed by atoms with van der Waals surface area (Å²) in [7, 11) is 0. The van der Waals surface area contributed by atoms with Gasteiger partial charge in [0.2, 0.25) is 5.91 Å². The van der Waals surface area contributed by atoms with Gasteiger partial charge in [-0.3, -0.25) is 4.79 Å². The third-order valence-corrected chi connectivity index (χ3v) is 4.69. The van der Waals surface area contributed by atoms with Gasteiger partial charge in [-0.25, -0.2) is 9.48 Å². The molecule has 2 heterocycles. The zero-order valence-corrected chi connectivity index (χ0v) is 16.4. The molecule has 11 heteroatoms. The van der Waals surface area contributed by atoms with E-state index in [9.17, 15) is 22.8 Å². The molecule has 0 aliphatic rings. The molecule has 1 amide bonds. The van der Waals surface area contributed by atoms with E-state index in [1.807, 2.05) is 30.3 Å². The maximum Gasteiger partial charge on any atom is 0.417 e. The van der Waals surface area contributed by atoms with Crippen LogP contribution < -0.4 is 11.0 Å². The molecular weight excluding hydrogens is 435 g/mol. The Bertz CT molecular complexity index is 1330. The Balaban J connectivity index is 1.57. The van der Waals surface area contributed by atoms with E-state index in [0.717, 1.165) is 26.9 Å². The van der Waals surface area contributed by atoms with Crippen LogP contribution in [0, 0.1) is 0 Å². The van der Waals surface area contributed by atoms with Gasteiger partial charge in [0, 0.05) is 11.3 Å². The Morgan fingerprint density at radius 1 is 1.03 bits per heavy atom. The number of anilines is 1. The molecule has 2 aromatic carbocycles. The normalized spacial score (nSPS) is 11.6. The van der Waals surface area contributed by atoms with Gasteiger partial charge in [0.25, 0.3) is 0 Å². The molecule has 1 N–H and O–H groups in total. The van der Waals surface area contributed by atoms with Gasteiger partial charge in [0.1, 0.15) is 6.54 Å². The third-order valence-electron chi connectivity index (χ3n) is 4.36. The van der Waals surface area contributed by atoms with Crippen molar-refractivity contribution in [2.24, 2.45) is 0 Å². The summed E-state index contributed by atoms with van der Waals surface area (Å²) >= 11 is 5.57. The number of fused-ring (bicyclic) bond motifs is 1. The molecule has 0 saturated heterocycles. The number of alkyl halides is 3. The molecular formula is C20H13ClF3N5O2. The number of hydrogen-bond acceptors (Lipinski definition) is 4. The quantitative estimate of drug-likeness (QED) is 0.515. The molecule has 0 atom stereocenters. The molecule has 0 bridgehead atoms. The van der Waals surface area contributed by atoms with Gasteiger partial charge in [0.15, 0.2) is 5.65 Å². The number of carbonyl (C=O) groups is 1. The second kappa shape index (κ2) is 7.88. The molecule has 0 aliphatic carbocycles. The van der Waals surface area contributed by atoms with Crippen molar-refractivity contribution >= 4 is 28.8 Å². The van der Waals surface area contributed by atoms with E-state index in [2.05, 4.69) is 15.5 Å². The maximum absolute atomic E-state index is 13.0. The number of aromatic nitrogens is 4. The SMILES string of the molecule is O=C(Cn1nc2ccc(-c3ccccc3)nn2c1=O)Nc1ccc(Cl)c(C(F)(F)F)c1. The average molecular weight is 448 g/mol. The first-order valence-electron chi connectivity index (χ1n) is 8.91. The van der Waals surface area contributed by atoms with Gasteiger partial charge < -0.3 is 5.32 Å². The zero-order valence-electron chi connectivity index (χ0n) is 15.6. The summed E-state index contributed by atoms with van der Waals surface area (Å²) in [5.41, 5.74) is -0.277. The number of rotatable bonds is 4. The van der Waals surface area contributed by atoms with Crippen LogP contribution >= 0.6 is 11.6 Å². The first kappa shape index (κ1) is 20.6. The molecule has 2 aromatic heterocycles. The van der Waals surface area contributed by atoms with Gasteiger partial charge in [-0.1, -0.05) is 41.9 Å². The van der Waals surface area contributed by atoms with Crippen molar-refractivity contribution in [1.29, 1.82) is 0 Å². The van der Waals surface area contributed by atoms with Gasteiger partial charge in [0.05, 0.1) is 16.3 Å². The monoisotopic (exact) mass is 447 g/mol. The average Bonchev–Trinajstić information content (AvgIpc) is 3.04. The smallest absolute Gasteiger partial charge is 0.324 e. The van der Waals surface area contributed by atoms with Crippen LogP contribution in [0.15, 0.2) is 65.5 Å². The second-order valence-electron chi connectivity index (χ2n) is 6.54. The molecule has 0 saturated carbocycles. The number of amides is 1. The Hall–Kier alpha value is -3.66. The fourth-order valence-electron chi connectivity index (χ4n) is 2.93. The van der Waals surface area contributed by atoms with Crippen LogP contribution in [0.2, 0.25) is 5.02 Å². The lowest BCUT2D eigenvalue weighted by molar-refractivity contribution is -0.137. The fourth-order valence-corrected chi connectivity index (χ4v) is 3.16. The summed E-state index contributed by atoms with van der Waals surface area (Å²) in [6.45, 7) is -0.507. The highest BCUT2D eigenvalue weighted by Crippen LogP contribution is 2.36. The van der Waals surface area contributed by atoms with Gasteiger partial charge in [-0.15, -0.1) is 5.10 Å². The van der Waals surface area contributed by atoms with Crippen molar-refractivity contribution < 1.29 is 18.0 Å². The van der Waals surface area contributed by atoms with Crippen LogP contribution in [-0.4, -0.2) is 25.3 Å². The molecule has 0 aliphatic heterocycles. The maximum atomic E-state index is 13.0. The summed E-state index contributed by atoms with van der Waals surface area (Å²) in [4.78, 5) is 24.9. The predicted octanol–water partition coefficient (Wildman–Crippen LogP) is 3.87. The largest absolute Gasteiger partial charge is 0.417 e. The van der Waals surface area contributed by atoms with Crippen molar-refractivity contribution in [3.05, 3.63) is 81.7 Å². The standard InChI is InChI=1S/C20H13ClF3N5O2/c21-15-7-6-13(10-14(15)20(22,23)24)25-18(30)11-28-19(31)29-17(27-28)9-8-16(26-29)12-4-2-1-3-5-12/h1-10H,11H2,(H,25,30). The lowest BCUT2D eigenvalue weighted by atomic mass is 10.1. The molecule has 31 heavy (non-hydrogen) atoms. The molecule has 158 valence electrons. The van der Waals surface area contributed by atoms with Crippen LogP contribution in [0.25, 0.3) is 16.9 Å². The zero-order chi connectivity index (χ0) is 22.2. The lowest BCUT2D eigenvalue weighted by Gasteiger charge is -2.11. The van der Waals surface area contributed by atoms with Gasteiger partial charge in [-0.05, 0) is 30.3 Å². The number of benzene rings is 2. The Labute approximate surface area is 177 Å². The third kappa shape index (κ3) is 4.29. The molecule has 0 unspecified atom stereocenters. The highest BCUT2D eigenvalue weighted by Gasteiger charge is 2.33. The molecule has 0 fully saturated rings. The lowest BCUT2D eigenvalue weighted by Crippen LogP contribution is -2.29. The number of carbonyl (C=O) groups excluding carboxylic acids is 1. The molecule has 0 radical (unpaired) electrons. The second-order valence-corrected chi connectivity index (χ2v) is 6.94. The van der Waals surface area contributed by atoms with E-state index in [1.165, 1.54) is 6.07 Å². The topological polar surface area (TPSA) is 81.3 Å². The number of hydrogen-bond donors (Lipinski definition) is 1. The van der Waals surface area contributed by atoms with Crippen molar-refractivity contribution in [3.63, 3.8) is 0 Å². The molecule has 7 nitrogen and oxygen atoms in total. The molecule has 0 spiro atoms. The summed E-state index contributed by atoms with van der Waals surface area (Å²) in [6, 6.07) is 15.4. The number of nitrogens with zero attached hydrogens (tertiary/aromatic N) is 4. The van der Waals surface area contributed by atoms with Gasteiger partial charge in [-0.2, -0.15) is 22.8 Å². The highest BCUT2D eigenvalue weighted by atomic mass is 35.5. The summed E-state index contributed by atoms with van der Waals surface area (Å²) < 4.78 is 40.9. The summed E-state index contributed by atoms with van der Waals surface area (Å²) in [6.07, 6.45) is -4.67. The highest BCUT2D eigenvalue weighted by molar-refractivity contribution is 6.31. The van der Waals surface area contributed by atoms with Crippen molar-refractivity contribution in [2.75, 3.05) is 5.32 Å². The van der Waals surface area contributed by atoms with Crippen molar-refractivity contribution in [3.8, 4) is 11.3 Å². The van der Waals surface area contributed by atoms with Crippen molar-refractivity contribution in [1.82, 2.24) is 19.4 Å². The first-order chi connectivity index (χ1) is 14.7. The van der Waals surface area contributed by atoms with Crippen LogP contribution in [0.4, 0.5) is 18.9 Å². The minimum absolute atomic E-state index is 0.108. The minimum Gasteiger partial charge on any atom is -0.324 e. The van der Waals surface area contributed by atoms with E-state index in [4.69, 9.17) is 11.6 Å². The van der Waals surface area contributed by atoms with Crippen molar-refractivity contribution in [2.45, 2.75) is 12.7 Å². The van der Waals surface area contributed by atoms with Crippen LogP contribution in [0.3, 0.4) is 0 Å². The number of halogens is 4. The summed E-state index contributed by atoms with van der Waals surface area (Å²) in [5.74, 6) is -0.732. The van der Waals surface area contributed by atoms with Crippen LogP contribution in [0.1, 0.15) is 5.56 Å². The van der Waals surface area contributed by atoms with E-state index >= 15 is 0 Å². The summed E-state index contributed by atoms with van der Waals surface area (Å²) in [5, 5.41) is 10.1. The Morgan fingerprint density at radius 2 is 1.77 bits per heavy atom. The van der Waals surface area contributed by atoms with Gasteiger partial charge >= 0.3 is 11.9 Å². The van der Waals surface area contributed by atoms with E-state index in [-0.39, 0.29) is 11.3 Å². The molecule has 4 aromatic rings. The van der Waals surface area contributed by atoms with Crippen LogP contribution in [0.5, 0.6) is 0 Å². The van der Waals surface area contributed by atoms with E-state index in [0.29, 0.717) is 5.69 Å². The Kier molecular flexibility index (Phi) is 5.24. The predicted molar refractivity (Wildman–Crippen MR) is 108 cm³/mol.